The van der Waals surface area contributed by atoms with E-state index in [0.29, 0.717) is 17.0 Å². The zero-order valence-electron chi connectivity index (χ0n) is 9.61. The van der Waals surface area contributed by atoms with E-state index in [9.17, 15) is 8.78 Å². The maximum absolute atomic E-state index is 13.4. The third kappa shape index (κ3) is 2.90. The molecule has 0 fully saturated rings. The van der Waals surface area contributed by atoms with Crippen molar-refractivity contribution in [1.82, 2.24) is 0 Å². The van der Waals surface area contributed by atoms with Crippen molar-refractivity contribution in [3.05, 3.63) is 68.2 Å². The molecule has 0 aliphatic carbocycles. The molecular formula is C14H10BrClF2. The maximum atomic E-state index is 13.4. The van der Waals surface area contributed by atoms with Gasteiger partial charge in [-0.1, -0.05) is 27.5 Å². The molecule has 4 heteroatoms. The first-order chi connectivity index (χ1) is 8.47. The molecule has 2 aromatic rings. The Bertz CT molecular complexity index is 573. The molecule has 2 aromatic carbocycles. The molecule has 2 rings (SSSR count). The van der Waals surface area contributed by atoms with Crippen LogP contribution >= 0.6 is 27.5 Å². The van der Waals surface area contributed by atoms with Gasteiger partial charge in [-0.15, -0.1) is 0 Å². The molecule has 0 saturated carbocycles. The molecular weight excluding hydrogens is 322 g/mol. The molecule has 0 aromatic heterocycles. The van der Waals surface area contributed by atoms with E-state index in [1.54, 1.807) is 6.07 Å². The van der Waals surface area contributed by atoms with E-state index >= 15 is 0 Å². The molecule has 0 amide bonds. The highest BCUT2D eigenvalue weighted by atomic mass is 79.9. The normalized spacial score (nSPS) is 10.7. The van der Waals surface area contributed by atoms with Gasteiger partial charge in [0.25, 0.3) is 0 Å². The van der Waals surface area contributed by atoms with E-state index in [0.717, 1.165) is 10.0 Å². The predicted octanol–water partition coefficient (Wildman–Crippen LogP) is 5.28. The molecule has 94 valence electrons. The van der Waals surface area contributed by atoms with E-state index < -0.39 is 11.6 Å². The van der Waals surface area contributed by atoms with Crippen LogP contribution in [0, 0.1) is 18.6 Å². The Morgan fingerprint density at radius 2 is 1.72 bits per heavy atom. The molecule has 0 aliphatic heterocycles. The fraction of sp³-hybridized carbons (Fsp3) is 0.143. The summed E-state index contributed by atoms with van der Waals surface area (Å²) in [6.45, 7) is 1.42. The minimum atomic E-state index is -0.531. The molecule has 0 radical (unpaired) electrons. The van der Waals surface area contributed by atoms with Crippen molar-refractivity contribution >= 4 is 27.5 Å². The molecule has 0 N–H and O–H groups in total. The van der Waals surface area contributed by atoms with Gasteiger partial charge in [0.05, 0.1) is 0 Å². The average Bonchev–Trinajstić information content (AvgIpc) is 2.31. The third-order valence-corrected chi connectivity index (χ3v) is 3.61. The fourth-order valence-electron chi connectivity index (χ4n) is 1.70. The second-order valence-electron chi connectivity index (χ2n) is 4.10. The zero-order chi connectivity index (χ0) is 13.3. The van der Waals surface area contributed by atoms with Gasteiger partial charge in [-0.2, -0.15) is 0 Å². The van der Waals surface area contributed by atoms with Crippen molar-refractivity contribution in [2.45, 2.75) is 13.3 Å². The molecule has 0 bridgehead atoms. The van der Waals surface area contributed by atoms with Gasteiger partial charge in [0.15, 0.2) is 0 Å². The Balaban J connectivity index is 2.37. The zero-order valence-corrected chi connectivity index (χ0v) is 11.9. The number of hydrogen-bond donors (Lipinski definition) is 0. The van der Waals surface area contributed by atoms with Crippen molar-refractivity contribution in [3.63, 3.8) is 0 Å². The summed E-state index contributed by atoms with van der Waals surface area (Å²) in [4.78, 5) is 0. The highest BCUT2D eigenvalue weighted by Crippen LogP contribution is 2.25. The Labute approximate surface area is 118 Å². The summed E-state index contributed by atoms with van der Waals surface area (Å²) in [7, 11) is 0. The van der Waals surface area contributed by atoms with Gasteiger partial charge in [0.2, 0.25) is 0 Å². The van der Waals surface area contributed by atoms with Crippen LogP contribution in [0.5, 0.6) is 0 Å². The number of hydrogen-bond acceptors (Lipinski definition) is 0. The topological polar surface area (TPSA) is 0 Å². The molecule has 0 nitrogen and oxygen atoms in total. The van der Waals surface area contributed by atoms with Crippen molar-refractivity contribution < 1.29 is 8.78 Å². The Kier molecular flexibility index (Phi) is 4.03. The summed E-state index contributed by atoms with van der Waals surface area (Å²) in [5.41, 5.74) is 1.43. The van der Waals surface area contributed by atoms with Gasteiger partial charge in [-0.3, -0.25) is 0 Å². The van der Waals surface area contributed by atoms with Gasteiger partial charge >= 0.3 is 0 Å². The fourth-order valence-corrected chi connectivity index (χ4v) is 2.29. The first kappa shape index (κ1) is 13.5. The summed E-state index contributed by atoms with van der Waals surface area (Å²) < 4.78 is 27.8. The quantitative estimate of drug-likeness (QED) is 0.702. The molecule has 0 saturated heterocycles. The lowest BCUT2D eigenvalue weighted by Crippen LogP contribution is -1.95. The van der Waals surface area contributed by atoms with Crippen LogP contribution in [0.1, 0.15) is 16.7 Å². The van der Waals surface area contributed by atoms with Crippen LogP contribution in [-0.2, 0) is 6.42 Å². The number of halogens is 4. The third-order valence-electron chi connectivity index (χ3n) is 2.74. The van der Waals surface area contributed by atoms with Gasteiger partial charge in [-0.05, 0) is 54.8 Å². The standard InChI is InChI=1S/C14H10BrClF2/c1-8-13(17)5-9(6-14(8)18)4-10-7-11(15)2-3-12(10)16/h2-3,5-7H,4H2,1H3. The number of rotatable bonds is 2. The lowest BCUT2D eigenvalue weighted by molar-refractivity contribution is 0.565. The van der Waals surface area contributed by atoms with Gasteiger partial charge in [0, 0.05) is 15.1 Å². The van der Waals surface area contributed by atoms with E-state index in [1.807, 2.05) is 12.1 Å². The van der Waals surface area contributed by atoms with Crippen LogP contribution in [0.4, 0.5) is 8.78 Å². The average molecular weight is 332 g/mol. The Morgan fingerprint density at radius 1 is 1.11 bits per heavy atom. The SMILES string of the molecule is Cc1c(F)cc(Cc2cc(Br)ccc2Cl)cc1F. The summed E-state index contributed by atoms with van der Waals surface area (Å²) in [5.74, 6) is -1.06. The molecule has 0 aliphatic rings. The van der Waals surface area contributed by atoms with E-state index in [4.69, 9.17) is 11.6 Å². The Morgan fingerprint density at radius 3 is 2.33 bits per heavy atom. The molecule has 18 heavy (non-hydrogen) atoms. The highest BCUT2D eigenvalue weighted by Gasteiger charge is 2.09. The summed E-state index contributed by atoms with van der Waals surface area (Å²) >= 11 is 9.39. The largest absolute Gasteiger partial charge is 0.207 e. The van der Waals surface area contributed by atoms with Crippen LogP contribution < -0.4 is 0 Å². The highest BCUT2D eigenvalue weighted by molar-refractivity contribution is 9.10. The maximum Gasteiger partial charge on any atom is 0.129 e. The predicted molar refractivity (Wildman–Crippen MR) is 73.1 cm³/mol. The lowest BCUT2D eigenvalue weighted by Gasteiger charge is -2.07. The lowest BCUT2D eigenvalue weighted by atomic mass is 10.0. The summed E-state index contributed by atoms with van der Waals surface area (Å²) in [5, 5.41) is 0.583. The van der Waals surface area contributed by atoms with Crippen molar-refractivity contribution in [2.24, 2.45) is 0 Å². The Hall–Kier alpha value is -0.930. The first-order valence-electron chi connectivity index (χ1n) is 5.36. The van der Waals surface area contributed by atoms with Crippen LogP contribution in [0.3, 0.4) is 0 Å². The second-order valence-corrected chi connectivity index (χ2v) is 5.42. The van der Waals surface area contributed by atoms with Crippen LogP contribution in [0.2, 0.25) is 5.02 Å². The van der Waals surface area contributed by atoms with Crippen molar-refractivity contribution in [1.29, 1.82) is 0 Å². The minimum absolute atomic E-state index is 0.0408. The second kappa shape index (κ2) is 5.37. The minimum Gasteiger partial charge on any atom is -0.207 e. The smallest absolute Gasteiger partial charge is 0.129 e. The monoisotopic (exact) mass is 330 g/mol. The van der Waals surface area contributed by atoms with E-state index in [2.05, 4.69) is 15.9 Å². The molecule has 0 heterocycles. The number of benzene rings is 2. The van der Waals surface area contributed by atoms with E-state index in [1.165, 1.54) is 19.1 Å². The van der Waals surface area contributed by atoms with Gasteiger partial charge < -0.3 is 0 Å². The molecule has 0 atom stereocenters. The molecule has 0 spiro atoms. The summed E-state index contributed by atoms with van der Waals surface area (Å²) in [6, 6.07) is 8.10. The van der Waals surface area contributed by atoms with E-state index in [-0.39, 0.29) is 5.56 Å². The van der Waals surface area contributed by atoms with Crippen molar-refractivity contribution in [2.75, 3.05) is 0 Å². The van der Waals surface area contributed by atoms with Gasteiger partial charge in [0.1, 0.15) is 11.6 Å². The van der Waals surface area contributed by atoms with Crippen LogP contribution in [0.15, 0.2) is 34.8 Å². The van der Waals surface area contributed by atoms with Crippen LogP contribution in [0.25, 0.3) is 0 Å². The molecule has 0 unspecified atom stereocenters. The van der Waals surface area contributed by atoms with Crippen LogP contribution in [-0.4, -0.2) is 0 Å². The first-order valence-corrected chi connectivity index (χ1v) is 6.53. The van der Waals surface area contributed by atoms with Crippen molar-refractivity contribution in [3.8, 4) is 0 Å². The summed E-state index contributed by atoms with van der Waals surface area (Å²) in [6.07, 6.45) is 0.395. The van der Waals surface area contributed by atoms with Gasteiger partial charge in [-0.25, -0.2) is 8.78 Å².